The second-order valence-electron chi connectivity index (χ2n) is 6.29. The van der Waals surface area contributed by atoms with Crippen molar-refractivity contribution in [3.8, 4) is 0 Å². The van der Waals surface area contributed by atoms with Gasteiger partial charge in [-0.05, 0) is 44.9 Å². The van der Waals surface area contributed by atoms with Crippen LogP contribution in [0, 0.1) is 0 Å². The summed E-state index contributed by atoms with van der Waals surface area (Å²) in [5.41, 5.74) is 5.31. The van der Waals surface area contributed by atoms with Gasteiger partial charge in [-0.1, -0.05) is 24.3 Å². The number of allylic oxidation sites excluding steroid dienone is 3. The third kappa shape index (κ3) is 3.19. The van der Waals surface area contributed by atoms with Crippen molar-refractivity contribution in [1.29, 1.82) is 0 Å². The maximum Gasteiger partial charge on any atom is 0.0421 e. The summed E-state index contributed by atoms with van der Waals surface area (Å²) < 4.78 is 0. The third-order valence-electron chi connectivity index (χ3n) is 3.15. The van der Waals surface area contributed by atoms with E-state index < -0.39 is 0 Å². The average Bonchev–Trinajstić information content (AvgIpc) is 2.76. The molecule has 2 heteroatoms. The first-order valence-electron chi connectivity index (χ1n) is 6.83. The highest BCUT2D eigenvalue weighted by molar-refractivity contribution is 5.82. The Morgan fingerprint density at radius 3 is 2.42 bits per heavy atom. The van der Waals surface area contributed by atoms with Crippen LogP contribution in [0.3, 0.4) is 0 Å². The first-order valence-corrected chi connectivity index (χ1v) is 6.83. The fourth-order valence-electron chi connectivity index (χ4n) is 2.42. The number of benzene rings is 1. The molecule has 0 bridgehead atoms. The number of rotatable bonds is 3. The lowest BCUT2D eigenvalue weighted by Crippen LogP contribution is -2.26. The zero-order chi connectivity index (χ0) is 14.0. The van der Waals surface area contributed by atoms with E-state index in [0.29, 0.717) is 0 Å². The molecule has 1 aliphatic rings. The second-order valence-corrected chi connectivity index (χ2v) is 6.29. The molecular weight excluding hydrogens is 232 g/mol. The Morgan fingerprint density at radius 1 is 1.11 bits per heavy atom. The highest BCUT2D eigenvalue weighted by Gasteiger charge is 2.18. The second kappa shape index (κ2) is 5.12. The van der Waals surface area contributed by atoms with Crippen LogP contribution in [0.15, 0.2) is 42.1 Å². The summed E-state index contributed by atoms with van der Waals surface area (Å²) in [5.74, 6) is 0. The summed E-state index contributed by atoms with van der Waals surface area (Å²) in [4.78, 5) is 2.19. The predicted molar refractivity (Wildman–Crippen MR) is 84.2 cm³/mol. The Labute approximate surface area is 116 Å². The lowest BCUT2D eigenvalue weighted by atomic mass is 9.99. The molecule has 0 saturated carbocycles. The largest absolute Gasteiger partial charge is 0.380 e. The Hall–Kier alpha value is -1.70. The van der Waals surface area contributed by atoms with E-state index >= 15 is 0 Å². The number of likely N-dealkylation sites (N-methyl/N-ethyl adjacent to an activating group) is 1. The van der Waals surface area contributed by atoms with Gasteiger partial charge in [-0.25, -0.2) is 0 Å². The molecule has 1 aromatic carbocycles. The number of para-hydroxylation sites is 1. The van der Waals surface area contributed by atoms with Gasteiger partial charge < -0.3 is 10.2 Å². The van der Waals surface area contributed by atoms with Crippen LogP contribution in [0.4, 0.5) is 5.69 Å². The number of hydrogen-bond donors (Lipinski definition) is 1. The van der Waals surface area contributed by atoms with E-state index in [2.05, 4.69) is 81.5 Å². The van der Waals surface area contributed by atoms with Crippen molar-refractivity contribution in [3.63, 3.8) is 0 Å². The minimum atomic E-state index is 0.0704. The Balaban J connectivity index is 2.44. The summed E-state index contributed by atoms with van der Waals surface area (Å²) in [6, 6.07) is 8.58. The zero-order valence-electron chi connectivity index (χ0n) is 12.6. The van der Waals surface area contributed by atoms with Crippen molar-refractivity contribution in [3.05, 3.63) is 47.7 Å². The van der Waals surface area contributed by atoms with Crippen LogP contribution in [0.25, 0.3) is 5.57 Å². The molecule has 102 valence electrons. The van der Waals surface area contributed by atoms with Crippen LogP contribution < -0.4 is 5.32 Å². The van der Waals surface area contributed by atoms with E-state index in [-0.39, 0.29) is 5.54 Å². The SMILES string of the molecule is CN(C)C1=C(c2ccccc2NC(C)(C)C)CC=C1. The highest BCUT2D eigenvalue weighted by atomic mass is 15.1. The van der Waals surface area contributed by atoms with Gasteiger partial charge in [-0.15, -0.1) is 0 Å². The van der Waals surface area contributed by atoms with Gasteiger partial charge in [0.2, 0.25) is 0 Å². The van der Waals surface area contributed by atoms with Crippen molar-refractivity contribution >= 4 is 11.3 Å². The molecule has 0 heterocycles. The quantitative estimate of drug-likeness (QED) is 0.874. The Kier molecular flexibility index (Phi) is 3.70. The molecule has 0 aliphatic heterocycles. The molecule has 1 aliphatic carbocycles. The Bertz CT molecular complexity index is 516. The zero-order valence-corrected chi connectivity index (χ0v) is 12.6. The number of hydrogen-bond acceptors (Lipinski definition) is 2. The lowest BCUT2D eigenvalue weighted by Gasteiger charge is -2.25. The van der Waals surface area contributed by atoms with Gasteiger partial charge in [0, 0.05) is 36.6 Å². The van der Waals surface area contributed by atoms with Crippen LogP contribution in [0.1, 0.15) is 32.8 Å². The summed E-state index contributed by atoms with van der Waals surface area (Å²) in [6.45, 7) is 6.58. The van der Waals surface area contributed by atoms with Crippen molar-refractivity contribution < 1.29 is 0 Å². The number of nitrogens with zero attached hydrogens (tertiary/aromatic N) is 1. The van der Waals surface area contributed by atoms with Gasteiger partial charge >= 0.3 is 0 Å². The summed E-state index contributed by atoms with van der Waals surface area (Å²) in [7, 11) is 4.20. The van der Waals surface area contributed by atoms with E-state index in [1.54, 1.807) is 0 Å². The molecule has 1 N–H and O–H groups in total. The highest BCUT2D eigenvalue weighted by Crippen LogP contribution is 2.35. The fourth-order valence-corrected chi connectivity index (χ4v) is 2.42. The topological polar surface area (TPSA) is 15.3 Å². The van der Waals surface area contributed by atoms with E-state index in [1.807, 2.05) is 0 Å². The van der Waals surface area contributed by atoms with Crippen molar-refractivity contribution in [2.24, 2.45) is 0 Å². The minimum absolute atomic E-state index is 0.0704. The molecule has 0 fully saturated rings. The standard InChI is InChI=1S/C17H24N2/c1-17(2,3)18-15-11-7-6-9-13(15)14-10-8-12-16(14)19(4)5/h6-9,11-12,18H,10H2,1-5H3. The maximum atomic E-state index is 3.61. The van der Waals surface area contributed by atoms with Crippen LogP contribution in [0.2, 0.25) is 0 Å². The van der Waals surface area contributed by atoms with E-state index in [1.165, 1.54) is 22.5 Å². The van der Waals surface area contributed by atoms with Gasteiger partial charge in [-0.3, -0.25) is 0 Å². The number of nitrogens with one attached hydrogen (secondary N) is 1. The molecule has 0 saturated heterocycles. The van der Waals surface area contributed by atoms with Crippen LogP contribution in [-0.2, 0) is 0 Å². The summed E-state index contributed by atoms with van der Waals surface area (Å²) in [6.07, 6.45) is 5.46. The molecule has 0 spiro atoms. The molecule has 0 unspecified atom stereocenters. The molecule has 0 atom stereocenters. The van der Waals surface area contributed by atoms with Gasteiger partial charge in [0.15, 0.2) is 0 Å². The number of anilines is 1. The van der Waals surface area contributed by atoms with Crippen molar-refractivity contribution in [2.75, 3.05) is 19.4 Å². The van der Waals surface area contributed by atoms with Gasteiger partial charge in [0.05, 0.1) is 0 Å². The molecule has 0 amide bonds. The Morgan fingerprint density at radius 2 is 1.79 bits per heavy atom. The summed E-state index contributed by atoms with van der Waals surface area (Å²) in [5, 5.41) is 3.61. The third-order valence-corrected chi connectivity index (χ3v) is 3.15. The van der Waals surface area contributed by atoms with E-state index in [4.69, 9.17) is 0 Å². The van der Waals surface area contributed by atoms with Gasteiger partial charge in [0.25, 0.3) is 0 Å². The van der Waals surface area contributed by atoms with Crippen LogP contribution >= 0.6 is 0 Å². The molecule has 19 heavy (non-hydrogen) atoms. The molecule has 1 aromatic rings. The van der Waals surface area contributed by atoms with Crippen molar-refractivity contribution in [1.82, 2.24) is 4.90 Å². The molecule has 0 aromatic heterocycles. The average molecular weight is 256 g/mol. The molecular formula is C17H24N2. The molecule has 0 radical (unpaired) electrons. The smallest absolute Gasteiger partial charge is 0.0421 e. The fraction of sp³-hybridized carbons (Fsp3) is 0.412. The monoisotopic (exact) mass is 256 g/mol. The molecule has 2 nitrogen and oxygen atoms in total. The predicted octanol–water partition coefficient (Wildman–Crippen LogP) is 4.13. The van der Waals surface area contributed by atoms with E-state index in [0.717, 1.165) is 6.42 Å². The maximum absolute atomic E-state index is 3.61. The van der Waals surface area contributed by atoms with Gasteiger partial charge in [0.1, 0.15) is 0 Å². The lowest BCUT2D eigenvalue weighted by molar-refractivity contribution is 0.533. The first kappa shape index (κ1) is 13.7. The van der Waals surface area contributed by atoms with Crippen LogP contribution in [0.5, 0.6) is 0 Å². The minimum Gasteiger partial charge on any atom is -0.380 e. The summed E-state index contributed by atoms with van der Waals surface area (Å²) >= 11 is 0. The first-order chi connectivity index (χ1) is 8.88. The van der Waals surface area contributed by atoms with E-state index in [9.17, 15) is 0 Å². The van der Waals surface area contributed by atoms with Gasteiger partial charge in [-0.2, -0.15) is 0 Å². The normalized spacial score (nSPS) is 15.0. The van der Waals surface area contributed by atoms with Crippen LogP contribution in [-0.4, -0.2) is 24.5 Å². The van der Waals surface area contributed by atoms with Crippen molar-refractivity contribution in [2.45, 2.75) is 32.7 Å². The molecule has 2 rings (SSSR count).